The predicted octanol–water partition coefficient (Wildman–Crippen LogP) is 1.30. The first-order valence-electron chi connectivity index (χ1n) is 9.03. The zero-order chi connectivity index (χ0) is 20.3. The molecule has 2 radical (unpaired) electrons. The van der Waals surface area contributed by atoms with E-state index in [0.717, 1.165) is 6.07 Å². The van der Waals surface area contributed by atoms with Crippen molar-refractivity contribution >= 4 is 30.9 Å². The fourth-order valence-electron chi connectivity index (χ4n) is 3.19. The second-order valence-corrected chi connectivity index (χ2v) is 6.85. The van der Waals surface area contributed by atoms with Crippen LogP contribution < -0.4 is 16.1 Å². The molecule has 1 aliphatic heterocycles. The number of hydrogen-bond donors (Lipinski definition) is 2. The molecule has 1 aliphatic rings. The van der Waals surface area contributed by atoms with E-state index < -0.39 is 17.8 Å². The number of urea groups is 1. The average molecular weight is 381 g/mol. The molecular weight excluding hydrogens is 360 g/mol. The van der Waals surface area contributed by atoms with Crippen LogP contribution in [0.1, 0.15) is 28.8 Å². The van der Waals surface area contributed by atoms with Crippen LogP contribution in [-0.4, -0.2) is 49.0 Å². The Morgan fingerprint density at radius 2 is 1.93 bits per heavy atom. The summed E-state index contributed by atoms with van der Waals surface area (Å²) in [5, 5.41) is 9.69. The fourth-order valence-corrected chi connectivity index (χ4v) is 3.19. The third kappa shape index (κ3) is 4.51. The van der Waals surface area contributed by atoms with Gasteiger partial charge in [0.1, 0.15) is 13.7 Å². The molecule has 0 spiro atoms. The molecule has 0 unspecified atom stereocenters. The van der Waals surface area contributed by atoms with Crippen molar-refractivity contribution in [1.29, 1.82) is 0 Å². The van der Waals surface area contributed by atoms with Crippen molar-refractivity contribution in [1.82, 2.24) is 4.90 Å². The number of primary amides is 1. The van der Waals surface area contributed by atoms with Gasteiger partial charge in [-0.15, -0.1) is 0 Å². The first-order chi connectivity index (χ1) is 13.3. The average Bonchev–Trinajstić information content (AvgIpc) is 2.67. The van der Waals surface area contributed by atoms with Crippen molar-refractivity contribution in [3.05, 3.63) is 59.4 Å². The number of rotatable bonds is 4. The monoisotopic (exact) mass is 381 g/mol. The summed E-state index contributed by atoms with van der Waals surface area (Å²) >= 11 is 0. The molecule has 0 aromatic heterocycles. The maximum absolute atomic E-state index is 14.5. The Bertz CT molecular complexity index is 885. The van der Waals surface area contributed by atoms with E-state index in [9.17, 15) is 19.1 Å². The second-order valence-electron chi connectivity index (χ2n) is 6.85. The van der Waals surface area contributed by atoms with Crippen molar-refractivity contribution < 1.29 is 19.1 Å². The Kier molecular flexibility index (Phi) is 5.99. The van der Waals surface area contributed by atoms with E-state index >= 15 is 0 Å². The van der Waals surface area contributed by atoms with Gasteiger partial charge in [0.15, 0.2) is 0 Å². The Labute approximate surface area is 164 Å². The molecule has 1 saturated heterocycles. The summed E-state index contributed by atoms with van der Waals surface area (Å²) in [6.45, 7) is 0.802. The second kappa shape index (κ2) is 8.43. The number of halogens is 1. The first kappa shape index (κ1) is 19.9. The molecule has 28 heavy (non-hydrogen) atoms. The smallest absolute Gasteiger partial charge is 0.324 e. The van der Waals surface area contributed by atoms with Crippen LogP contribution >= 0.6 is 0 Å². The highest BCUT2D eigenvalue weighted by atomic mass is 19.1. The van der Waals surface area contributed by atoms with Gasteiger partial charge in [-0.05, 0) is 37.1 Å². The Morgan fingerprint density at radius 3 is 2.54 bits per heavy atom. The van der Waals surface area contributed by atoms with E-state index in [4.69, 9.17) is 13.6 Å². The van der Waals surface area contributed by atoms with Gasteiger partial charge in [0.2, 0.25) is 5.91 Å². The van der Waals surface area contributed by atoms with Crippen LogP contribution in [0.2, 0.25) is 0 Å². The molecule has 3 N–H and O–H groups in total. The molecule has 2 aromatic rings. The van der Waals surface area contributed by atoms with Gasteiger partial charge in [-0.3, -0.25) is 9.69 Å². The predicted molar refractivity (Wildman–Crippen MR) is 105 cm³/mol. The van der Waals surface area contributed by atoms with Gasteiger partial charge in [0, 0.05) is 29.9 Å². The summed E-state index contributed by atoms with van der Waals surface area (Å²) in [5.74, 6) is -1.34. The molecule has 0 atom stereocenters. The van der Waals surface area contributed by atoms with E-state index in [-0.39, 0.29) is 23.7 Å². The lowest BCUT2D eigenvalue weighted by atomic mass is 9.95. The summed E-state index contributed by atoms with van der Waals surface area (Å²) in [4.78, 5) is 27.4. The number of piperidine rings is 1. The minimum atomic E-state index is -0.721. The zero-order valence-corrected chi connectivity index (χ0v) is 15.3. The SMILES string of the molecule is [B]c1cccc(N(Cc2ccc(C(N)=O)cc2F)C(=O)N2CCC(O)CC2)c1. The van der Waals surface area contributed by atoms with Crippen LogP contribution in [0.25, 0.3) is 0 Å². The fraction of sp³-hybridized carbons (Fsp3) is 0.300. The summed E-state index contributed by atoms with van der Waals surface area (Å²) < 4.78 is 14.5. The standard InChI is InChI=1S/C20H21BFN3O3/c21-15-2-1-3-16(11-15)25(20(28)24-8-6-17(26)7-9-24)12-14-5-4-13(19(23)27)10-18(14)22/h1-5,10-11,17,26H,6-9,12H2,(H2,23,27). The van der Waals surface area contributed by atoms with Gasteiger partial charge in [-0.2, -0.15) is 0 Å². The molecule has 8 heteroatoms. The zero-order valence-electron chi connectivity index (χ0n) is 15.3. The van der Waals surface area contributed by atoms with Crippen LogP contribution in [0.3, 0.4) is 0 Å². The van der Waals surface area contributed by atoms with Gasteiger partial charge in [0.25, 0.3) is 0 Å². The quantitative estimate of drug-likeness (QED) is 0.783. The molecule has 1 fully saturated rings. The van der Waals surface area contributed by atoms with Gasteiger partial charge in [-0.25, -0.2) is 9.18 Å². The number of aliphatic hydroxyl groups excluding tert-OH is 1. The van der Waals surface area contributed by atoms with Crippen LogP contribution in [0.15, 0.2) is 42.5 Å². The molecule has 3 amide bonds. The molecule has 0 saturated carbocycles. The van der Waals surface area contributed by atoms with E-state index in [2.05, 4.69) is 0 Å². The number of benzene rings is 2. The molecule has 144 valence electrons. The number of carbonyl (C=O) groups excluding carboxylic acids is 2. The molecule has 3 rings (SSSR count). The number of hydrogen-bond acceptors (Lipinski definition) is 3. The van der Waals surface area contributed by atoms with Crippen LogP contribution in [-0.2, 0) is 6.54 Å². The van der Waals surface area contributed by atoms with Crippen molar-refractivity contribution in [2.45, 2.75) is 25.5 Å². The maximum atomic E-state index is 14.5. The Balaban J connectivity index is 1.90. The number of aliphatic hydroxyl groups is 1. The first-order valence-corrected chi connectivity index (χ1v) is 9.03. The lowest BCUT2D eigenvalue weighted by molar-refractivity contribution is 0.0952. The highest BCUT2D eigenvalue weighted by molar-refractivity contribution is 6.32. The summed E-state index contributed by atoms with van der Waals surface area (Å²) in [7, 11) is 5.86. The third-order valence-electron chi connectivity index (χ3n) is 4.81. The molecule has 1 heterocycles. The minimum Gasteiger partial charge on any atom is -0.393 e. The lowest BCUT2D eigenvalue weighted by Gasteiger charge is -2.34. The molecule has 2 aromatic carbocycles. The summed E-state index contributed by atoms with van der Waals surface area (Å²) in [5.41, 5.74) is 6.52. The topological polar surface area (TPSA) is 86.9 Å². The van der Waals surface area contributed by atoms with Crippen molar-refractivity contribution in [3.63, 3.8) is 0 Å². The molecule has 0 aliphatic carbocycles. The van der Waals surface area contributed by atoms with Crippen molar-refractivity contribution in [2.24, 2.45) is 5.73 Å². The van der Waals surface area contributed by atoms with Gasteiger partial charge < -0.3 is 15.7 Å². The molecule has 0 bridgehead atoms. The number of nitrogens with zero attached hydrogens (tertiary/aromatic N) is 2. The van der Waals surface area contributed by atoms with Crippen LogP contribution in [0.5, 0.6) is 0 Å². The maximum Gasteiger partial charge on any atom is 0.324 e. The van der Waals surface area contributed by atoms with Gasteiger partial charge >= 0.3 is 6.03 Å². The largest absolute Gasteiger partial charge is 0.393 e. The normalized spacial score (nSPS) is 14.7. The third-order valence-corrected chi connectivity index (χ3v) is 4.81. The van der Waals surface area contributed by atoms with Crippen LogP contribution in [0, 0.1) is 5.82 Å². The minimum absolute atomic E-state index is 0.0355. The summed E-state index contributed by atoms with van der Waals surface area (Å²) in [6, 6.07) is 10.4. The number of anilines is 1. The van der Waals surface area contributed by atoms with E-state index in [0.29, 0.717) is 37.1 Å². The van der Waals surface area contributed by atoms with E-state index in [1.165, 1.54) is 17.0 Å². The highest BCUT2D eigenvalue weighted by Crippen LogP contribution is 2.22. The highest BCUT2D eigenvalue weighted by Gasteiger charge is 2.27. The number of nitrogens with two attached hydrogens (primary N) is 1. The van der Waals surface area contributed by atoms with Crippen molar-refractivity contribution in [2.75, 3.05) is 18.0 Å². The molecule has 6 nitrogen and oxygen atoms in total. The van der Waals surface area contributed by atoms with Crippen molar-refractivity contribution in [3.8, 4) is 0 Å². The number of likely N-dealkylation sites (tertiary alicyclic amines) is 1. The number of amides is 3. The van der Waals surface area contributed by atoms with E-state index in [1.807, 2.05) is 0 Å². The van der Waals surface area contributed by atoms with E-state index in [1.54, 1.807) is 29.2 Å². The van der Waals surface area contributed by atoms with Gasteiger partial charge in [0.05, 0.1) is 12.6 Å². The number of carbonyl (C=O) groups is 2. The van der Waals surface area contributed by atoms with Gasteiger partial charge in [-0.1, -0.05) is 23.7 Å². The Hall–Kier alpha value is -2.87. The summed E-state index contributed by atoms with van der Waals surface area (Å²) in [6.07, 6.45) is 0.583. The molecular formula is C20H21BFN3O3. The Morgan fingerprint density at radius 1 is 1.21 bits per heavy atom. The van der Waals surface area contributed by atoms with Crippen LogP contribution in [0.4, 0.5) is 14.9 Å². The lowest BCUT2D eigenvalue weighted by Crippen LogP contribution is -2.47.